The van der Waals surface area contributed by atoms with Crippen LogP contribution in [0.5, 0.6) is 0 Å². The minimum Gasteiger partial charge on any atom is -1.00 e. The number of aryl methyl sites for hydroxylation is 1. The SMILES string of the molecule is O=S(=O)(O)c1ccc(CCCC2([SiH3])CCCCO2)cc1.[H-].[Na+]. The van der Waals surface area contributed by atoms with Crippen LogP contribution >= 0.6 is 0 Å². The van der Waals surface area contributed by atoms with E-state index in [1.165, 1.54) is 31.4 Å². The van der Waals surface area contributed by atoms with Crippen LogP contribution in [-0.2, 0) is 21.3 Å². The Morgan fingerprint density at radius 3 is 2.48 bits per heavy atom. The van der Waals surface area contributed by atoms with Crippen LogP contribution in [-0.4, -0.2) is 35.0 Å². The third-order valence-electron chi connectivity index (χ3n) is 3.94. The van der Waals surface area contributed by atoms with Gasteiger partial charge in [0, 0.05) is 22.1 Å². The molecule has 114 valence electrons. The van der Waals surface area contributed by atoms with Gasteiger partial charge in [-0.1, -0.05) is 12.1 Å². The van der Waals surface area contributed by atoms with Crippen LogP contribution in [0.3, 0.4) is 0 Å². The summed E-state index contributed by atoms with van der Waals surface area (Å²) in [6.45, 7) is 0.895. The molecule has 0 saturated carbocycles. The minimum atomic E-state index is -4.08. The number of rotatable bonds is 5. The van der Waals surface area contributed by atoms with E-state index in [1.54, 1.807) is 12.1 Å². The molecule has 1 unspecified atom stereocenters. The molecular formula is C14H23NaO4SSi. The summed E-state index contributed by atoms with van der Waals surface area (Å²) in [5, 5.41) is 0.145. The predicted octanol–water partition coefficient (Wildman–Crippen LogP) is -1.37. The van der Waals surface area contributed by atoms with E-state index >= 15 is 0 Å². The second kappa shape index (κ2) is 8.24. The second-order valence-corrected chi connectivity index (χ2v) is 8.97. The van der Waals surface area contributed by atoms with E-state index < -0.39 is 10.1 Å². The van der Waals surface area contributed by atoms with Gasteiger partial charge in [-0.2, -0.15) is 8.42 Å². The molecule has 1 N–H and O–H groups in total. The predicted molar refractivity (Wildman–Crippen MR) is 82.8 cm³/mol. The van der Waals surface area contributed by atoms with Crippen molar-refractivity contribution in [3.63, 3.8) is 0 Å². The summed E-state index contributed by atoms with van der Waals surface area (Å²) < 4.78 is 36.7. The first-order chi connectivity index (χ1) is 9.39. The van der Waals surface area contributed by atoms with E-state index in [1.807, 2.05) is 0 Å². The molecule has 0 aliphatic carbocycles. The van der Waals surface area contributed by atoms with E-state index in [0.717, 1.165) is 41.7 Å². The van der Waals surface area contributed by atoms with Crippen LogP contribution in [0.15, 0.2) is 29.2 Å². The molecule has 1 fully saturated rings. The molecule has 0 bridgehead atoms. The van der Waals surface area contributed by atoms with Gasteiger partial charge in [0.2, 0.25) is 0 Å². The zero-order chi connectivity index (χ0) is 14.6. The first kappa shape index (κ1) is 19.4. The molecule has 1 saturated heterocycles. The standard InChI is InChI=1S/C14H22O4SSi.Na.H/c15-19(16,17)13-7-5-12(6-8-13)4-3-10-14(20)9-1-2-11-18-14;;/h5-8H,1-4,9-11H2,20H3,(H,15,16,17);;/q;+1;-1. The van der Waals surface area contributed by atoms with Gasteiger partial charge in [-0.15, -0.1) is 0 Å². The number of ether oxygens (including phenoxy) is 1. The van der Waals surface area contributed by atoms with E-state index in [2.05, 4.69) is 0 Å². The van der Waals surface area contributed by atoms with Gasteiger partial charge in [0.05, 0.1) is 4.90 Å². The van der Waals surface area contributed by atoms with Crippen molar-refractivity contribution in [2.45, 2.75) is 48.6 Å². The van der Waals surface area contributed by atoms with Gasteiger partial charge in [-0.05, 0) is 56.2 Å². The van der Waals surface area contributed by atoms with E-state index in [4.69, 9.17) is 9.29 Å². The van der Waals surface area contributed by atoms with Gasteiger partial charge in [0.1, 0.15) is 0 Å². The largest absolute Gasteiger partial charge is 1.00 e. The van der Waals surface area contributed by atoms with Gasteiger partial charge >= 0.3 is 29.6 Å². The second-order valence-electron chi connectivity index (χ2n) is 5.73. The van der Waals surface area contributed by atoms with Crippen molar-refractivity contribution in [3.05, 3.63) is 29.8 Å². The van der Waals surface area contributed by atoms with Crippen LogP contribution in [0.2, 0.25) is 0 Å². The molecule has 1 heterocycles. The number of benzene rings is 1. The van der Waals surface area contributed by atoms with Crippen LogP contribution in [0.1, 0.15) is 39.1 Å². The molecule has 0 spiro atoms. The summed E-state index contributed by atoms with van der Waals surface area (Å²) in [6, 6.07) is 6.45. The van der Waals surface area contributed by atoms with Crippen molar-refractivity contribution < 1.29 is 48.7 Å². The van der Waals surface area contributed by atoms with Crippen molar-refractivity contribution in [1.29, 1.82) is 0 Å². The fraction of sp³-hybridized carbons (Fsp3) is 0.571. The number of hydrogen-bond acceptors (Lipinski definition) is 3. The molecule has 0 radical (unpaired) electrons. The molecule has 1 aliphatic rings. The normalized spacial score (nSPS) is 22.7. The third-order valence-corrected chi connectivity index (χ3v) is 6.10. The maximum atomic E-state index is 11.0. The molecular weight excluding hydrogens is 315 g/mol. The Morgan fingerprint density at radius 1 is 1.29 bits per heavy atom. The molecule has 1 aromatic rings. The summed E-state index contributed by atoms with van der Waals surface area (Å²) in [7, 11) is -3.02. The molecule has 1 aromatic carbocycles. The Bertz CT molecular complexity index is 544. The van der Waals surface area contributed by atoms with Gasteiger partial charge in [0.15, 0.2) is 0 Å². The summed E-state index contributed by atoms with van der Waals surface area (Å²) in [5.74, 6) is 0. The molecule has 7 heteroatoms. The summed E-state index contributed by atoms with van der Waals surface area (Å²) >= 11 is 0. The van der Waals surface area contributed by atoms with E-state index in [0.29, 0.717) is 0 Å². The van der Waals surface area contributed by atoms with Crippen molar-refractivity contribution in [1.82, 2.24) is 0 Å². The molecule has 1 atom stereocenters. The van der Waals surface area contributed by atoms with Gasteiger partial charge < -0.3 is 6.16 Å². The fourth-order valence-electron chi connectivity index (χ4n) is 2.68. The Balaban J connectivity index is 0.00000220. The van der Waals surface area contributed by atoms with Crippen molar-refractivity contribution in [2.75, 3.05) is 6.61 Å². The Hall–Kier alpha value is 0.307. The molecule has 1 aliphatic heterocycles. The molecule has 2 rings (SSSR count). The van der Waals surface area contributed by atoms with Crippen LogP contribution in [0, 0.1) is 0 Å². The van der Waals surface area contributed by atoms with Gasteiger partial charge in [-0.25, -0.2) is 0 Å². The first-order valence-corrected chi connectivity index (χ1v) is 9.53. The number of hydrogen-bond donors (Lipinski definition) is 1. The van der Waals surface area contributed by atoms with E-state index in [-0.39, 0.29) is 41.1 Å². The quantitative estimate of drug-likeness (QED) is 0.532. The average Bonchev–Trinajstić information content (AvgIpc) is 2.39. The van der Waals surface area contributed by atoms with E-state index in [9.17, 15) is 8.42 Å². The van der Waals surface area contributed by atoms with Crippen LogP contribution in [0.25, 0.3) is 0 Å². The van der Waals surface area contributed by atoms with Gasteiger partial charge in [0.25, 0.3) is 10.1 Å². The summed E-state index contributed by atoms with van der Waals surface area (Å²) in [4.78, 5) is -0.0452. The molecule has 4 nitrogen and oxygen atoms in total. The zero-order valence-electron chi connectivity index (χ0n) is 13.8. The third kappa shape index (κ3) is 6.13. The molecule has 21 heavy (non-hydrogen) atoms. The Kier molecular flexibility index (Phi) is 7.60. The summed E-state index contributed by atoms with van der Waals surface area (Å²) in [5.41, 5.74) is 1.10. The van der Waals surface area contributed by atoms with Crippen molar-refractivity contribution in [3.8, 4) is 0 Å². The fourth-order valence-corrected chi connectivity index (χ4v) is 4.07. The summed E-state index contributed by atoms with van der Waals surface area (Å²) in [6.07, 6.45) is 6.68. The average molecular weight is 338 g/mol. The maximum absolute atomic E-state index is 11.0. The topological polar surface area (TPSA) is 63.6 Å². The maximum Gasteiger partial charge on any atom is 1.00 e. The minimum absolute atomic E-state index is 0. The van der Waals surface area contributed by atoms with Crippen LogP contribution < -0.4 is 29.6 Å². The van der Waals surface area contributed by atoms with Crippen LogP contribution in [0.4, 0.5) is 0 Å². The van der Waals surface area contributed by atoms with Gasteiger partial charge in [-0.3, -0.25) is 4.55 Å². The molecule has 0 amide bonds. The first-order valence-electron chi connectivity index (χ1n) is 7.09. The van der Waals surface area contributed by atoms with Crippen molar-refractivity contribution in [2.24, 2.45) is 0 Å². The Labute approximate surface area is 153 Å². The Morgan fingerprint density at radius 2 is 1.95 bits per heavy atom. The molecule has 0 aromatic heterocycles. The zero-order valence-corrected chi connectivity index (χ0v) is 17.7. The monoisotopic (exact) mass is 338 g/mol. The smallest absolute Gasteiger partial charge is 1.00 e. The van der Waals surface area contributed by atoms with Crippen molar-refractivity contribution >= 4 is 20.4 Å².